The van der Waals surface area contributed by atoms with Gasteiger partial charge in [-0.2, -0.15) is 0 Å². The van der Waals surface area contributed by atoms with Crippen molar-refractivity contribution in [2.75, 3.05) is 7.05 Å². The fourth-order valence-corrected chi connectivity index (χ4v) is 2.68. The third-order valence-electron chi connectivity index (χ3n) is 2.73. The second kappa shape index (κ2) is 6.38. The molecule has 1 heterocycles. The molecule has 3 amide bonds. The van der Waals surface area contributed by atoms with Crippen molar-refractivity contribution in [2.45, 2.75) is 17.1 Å². The van der Waals surface area contributed by atoms with Gasteiger partial charge < -0.3 is 5.32 Å². The molecule has 1 aromatic heterocycles. The van der Waals surface area contributed by atoms with Crippen LogP contribution >= 0.6 is 11.8 Å². The van der Waals surface area contributed by atoms with Crippen LogP contribution in [0.4, 0.5) is 4.79 Å². The first kappa shape index (κ1) is 14.3. The lowest BCUT2D eigenvalue weighted by molar-refractivity contribution is -0.119. The number of hydrogen-bond acceptors (Lipinski definition) is 4. The molecule has 2 N–H and O–H groups in total. The Morgan fingerprint density at radius 3 is 2.75 bits per heavy atom. The van der Waals surface area contributed by atoms with Gasteiger partial charge in [0, 0.05) is 23.5 Å². The van der Waals surface area contributed by atoms with Crippen molar-refractivity contribution in [1.82, 2.24) is 15.6 Å². The Kier molecular flexibility index (Phi) is 4.57. The van der Waals surface area contributed by atoms with Crippen molar-refractivity contribution >= 4 is 34.6 Å². The first-order valence-electron chi connectivity index (χ1n) is 6.15. The maximum absolute atomic E-state index is 11.8. The number of thioether (sulfide) groups is 1. The molecule has 0 aliphatic heterocycles. The van der Waals surface area contributed by atoms with Crippen LogP contribution in [0.2, 0.25) is 0 Å². The zero-order chi connectivity index (χ0) is 14.5. The molecule has 0 radical (unpaired) electrons. The predicted molar refractivity (Wildman–Crippen MR) is 79.7 cm³/mol. The zero-order valence-electron chi connectivity index (χ0n) is 11.2. The monoisotopic (exact) mass is 289 g/mol. The van der Waals surface area contributed by atoms with Gasteiger partial charge >= 0.3 is 6.03 Å². The van der Waals surface area contributed by atoms with E-state index in [4.69, 9.17) is 0 Å². The van der Waals surface area contributed by atoms with E-state index in [0.717, 1.165) is 15.8 Å². The van der Waals surface area contributed by atoms with Gasteiger partial charge in [-0.05, 0) is 19.1 Å². The summed E-state index contributed by atoms with van der Waals surface area (Å²) in [6.45, 7) is 1.75. The molecule has 0 spiro atoms. The number of nitrogens with one attached hydrogen (secondary N) is 2. The summed E-state index contributed by atoms with van der Waals surface area (Å²) in [6, 6.07) is 9.17. The van der Waals surface area contributed by atoms with E-state index >= 15 is 0 Å². The Morgan fingerprint density at radius 1 is 1.25 bits per heavy atom. The Balaban J connectivity index is 2.15. The van der Waals surface area contributed by atoms with E-state index in [1.54, 1.807) is 13.1 Å². The summed E-state index contributed by atoms with van der Waals surface area (Å²) in [5, 5.41) is 5.25. The average molecular weight is 289 g/mol. The third-order valence-corrected chi connectivity index (χ3v) is 3.88. The maximum atomic E-state index is 11.8. The molecule has 20 heavy (non-hydrogen) atoms. The van der Waals surface area contributed by atoms with Crippen molar-refractivity contribution in [3.05, 3.63) is 36.5 Å². The molecule has 2 rings (SSSR count). The van der Waals surface area contributed by atoms with E-state index in [1.807, 2.05) is 30.3 Å². The average Bonchev–Trinajstić information content (AvgIpc) is 2.47. The Bertz CT molecular complexity index is 640. The maximum Gasteiger partial charge on any atom is 0.321 e. The quantitative estimate of drug-likeness (QED) is 0.850. The highest BCUT2D eigenvalue weighted by Crippen LogP contribution is 2.29. The first-order chi connectivity index (χ1) is 9.61. The number of rotatable bonds is 3. The number of para-hydroxylation sites is 1. The lowest BCUT2D eigenvalue weighted by atomic mass is 10.2. The number of nitrogens with zero attached hydrogens (tertiary/aromatic N) is 1. The highest BCUT2D eigenvalue weighted by Gasteiger charge is 2.17. The number of carbonyl (C=O) groups excluding carboxylic acids is 2. The molecule has 6 heteroatoms. The predicted octanol–water partition coefficient (Wildman–Crippen LogP) is 2.17. The van der Waals surface area contributed by atoms with Crippen LogP contribution in [-0.2, 0) is 4.79 Å². The molecule has 104 valence electrons. The standard InChI is InChI=1S/C14H15N3O2S/c1-9(13(18)17-14(19)15-2)20-11-7-3-5-10-6-4-8-16-12(10)11/h3-9H,1-2H3,(H2,15,17,18,19)/t9-/m1/s1. The molecule has 0 saturated carbocycles. The molecule has 0 saturated heterocycles. The van der Waals surface area contributed by atoms with Gasteiger partial charge in [0.05, 0.1) is 10.8 Å². The number of fused-ring (bicyclic) bond motifs is 1. The summed E-state index contributed by atoms with van der Waals surface area (Å²) in [7, 11) is 1.47. The highest BCUT2D eigenvalue weighted by molar-refractivity contribution is 8.00. The highest BCUT2D eigenvalue weighted by atomic mass is 32.2. The van der Waals surface area contributed by atoms with Crippen molar-refractivity contribution in [1.29, 1.82) is 0 Å². The fraction of sp³-hybridized carbons (Fsp3) is 0.214. The Morgan fingerprint density at radius 2 is 2.00 bits per heavy atom. The second-order valence-electron chi connectivity index (χ2n) is 4.16. The van der Waals surface area contributed by atoms with Gasteiger partial charge in [-0.25, -0.2) is 4.79 Å². The van der Waals surface area contributed by atoms with E-state index in [1.165, 1.54) is 18.8 Å². The van der Waals surface area contributed by atoms with Gasteiger partial charge in [0.15, 0.2) is 0 Å². The van der Waals surface area contributed by atoms with E-state index < -0.39 is 6.03 Å². The van der Waals surface area contributed by atoms with Crippen LogP contribution < -0.4 is 10.6 Å². The number of urea groups is 1. The second-order valence-corrected chi connectivity index (χ2v) is 5.54. The lowest BCUT2D eigenvalue weighted by Gasteiger charge is -2.12. The van der Waals surface area contributed by atoms with Gasteiger partial charge in [0.25, 0.3) is 0 Å². The largest absolute Gasteiger partial charge is 0.341 e. The minimum atomic E-state index is -0.501. The van der Waals surface area contributed by atoms with Crippen molar-refractivity contribution in [3.8, 4) is 0 Å². The van der Waals surface area contributed by atoms with Crippen molar-refractivity contribution in [2.24, 2.45) is 0 Å². The van der Waals surface area contributed by atoms with E-state index in [-0.39, 0.29) is 11.2 Å². The van der Waals surface area contributed by atoms with Gasteiger partial charge in [0.2, 0.25) is 5.91 Å². The number of imide groups is 1. The number of hydrogen-bond donors (Lipinski definition) is 2. The normalized spacial score (nSPS) is 11.9. The number of carbonyl (C=O) groups is 2. The summed E-state index contributed by atoms with van der Waals surface area (Å²) in [6.07, 6.45) is 1.72. The number of benzene rings is 1. The van der Waals surface area contributed by atoms with Crippen LogP contribution in [0.15, 0.2) is 41.4 Å². The molecule has 0 aliphatic rings. The van der Waals surface area contributed by atoms with Gasteiger partial charge in [-0.3, -0.25) is 15.1 Å². The molecular formula is C14H15N3O2S. The lowest BCUT2D eigenvalue weighted by Crippen LogP contribution is -2.41. The van der Waals surface area contributed by atoms with Gasteiger partial charge in [-0.1, -0.05) is 18.2 Å². The molecule has 1 aromatic carbocycles. The topological polar surface area (TPSA) is 71.1 Å². The molecule has 1 atom stereocenters. The summed E-state index contributed by atoms with van der Waals surface area (Å²) in [5.74, 6) is -0.331. The van der Waals surface area contributed by atoms with Gasteiger partial charge in [0.1, 0.15) is 0 Å². The molecule has 5 nitrogen and oxygen atoms in total. The van der Waals surface area contributed by atoms with Crippen LogP contribution in [0.3, 0.4) is 0 Å². The molecule has 2 aromatic rings. The molecule has 0 bridgehead atoms. The fourth-order valence-electron chi connectivity index (χ4n) is 1.69. The first-order valence-corrected chi connectivity index (χ1v) is 7.02. The van der Waals surface area contributed by atoms with E-state index in [0.29, 0.717) is 0 Å². The number of pyridine rings is 1. The molecule has 0 fully saturated rings. The summed E-state index contributed by atoms with van der Waals surface area (Å²) >= 11 is 1.38. The smallest absolute Gasteiger partial charge is 0.321 e. The summed E-state index contributed by atoms with van der Waals surface area (Å²) < 4.78 is 0. The van der Waals surface area contributed by atoms with Crippen molar-refractivity contribution < 1.29 is 9.59 Å². The van der Waals surface area contributed by atoms with Crippen LogP contribution in [0.5, 0.6) is 0 Å². The minimum Gasteiger partial charge on any atom is -0.341 e. The van der Waals surface area contributed by atoms with Crippen LogP contribution in [0, 0.1) is 0 Å². The number of amides is 3. The van der Waals surface area contributed by atoms with Crippen LogP contribution in [0.1, 0.15) is 6.92 Å². The zero-order valence-corrected chi connectivity index (χ0v) is 12.0. The SMILES string of the molecule is CNC(=O)NC(=O)[C@@H](C)Sc1cccc2cccnc12. The van der Waals surface area contributed by atoms with Gasteiger partial charge in [-0.15, -0.1) is 11.8 Å². The molecular weight excluding hydrogens is 274 g/mol. The number of aromatic nitrogens is 1. The van der Waals surface area contributed by atoms with Crippen molar-refractivity contribution in [3.63, 3.8) is 0 Å². The summed E-state index contributed by atoms with van der Waals surface area (Å²) in [4.78, 5) is 28.2. The third kappa shape index (κ3) is 3.27. The van der Waals surface area contributed by atoms with E-state index in [2.05, 4.69) is 15.6 Å². The Hall–Kier alpha value is -2.08. The summed E-state index contributed by atoms with van der Waals surface area (Å²) in [5.41, 5.74) is 0.861. The van der Waals surface area contributed by atoms with E-state index in [9.17, 15) is 9.59 Å². The minimum absolute atomic E-state index is 0.331. The van der Waals surface area contributed by atoms with Crippen LogP contribution in [-0.4, -0.2) is 29.2 Å². The Labute approximate surface area is 121 Å². The van der Waals surface area contributed by atoms with Crippen LogP contribution in [0.25, 0.3) is 10.9 Å². The molecule has 0 unspecified atom stereocenters. The molecule has 0 aliphatic carbocycles.